The van der Waals surface area contributed by atoms with Gasteiger partial charge in [0.2, 0.25) is 11.5 Å². The van der Waals surface area contributed by atoms with Gasteiger partial charge in [-0.1, -0.05) is 70.5 Å². The number of nitrogens with zero attached hydrogens (tertiary/aromatic N) is 4. The van der Waals surface area contributed by atoms with Gasteiger partial charge in [0.15, 0.2) is 12.0 Å². The molecule has 0 amide bonds. The Morgan fingerprint density at radius 1 is 0.950 bits per heavy atom. The molecule has 0 fully saturated rings. The van der Waals surface area contributed by atoms with Crippen molar-refractivity contribution >= 4 is 23.7 Å². The Morgan fingerprint density at radius 3 is 2.23 bits per heavy atom. The molecule has 0 aliphatic carbocycles. The molecular weight excluding hydrogens is 552 g/mol. The smallest absolute Gasteiger partial charge is 0.263 e. The Hall–Kier alpha value is -4.64. The molecule has 2 aromatic heterocycles. The lowest BCUT2D eigenvalue weighted by atomic mass is 9.98. The van der Waals surface area contributed by atoms with Gasteiger partial charge < -0.3 is 4.52 Å². The Bertz CT molecular complexity index is 1680. The molecule has 12 heteroatoms. The summed E-state index contributed by atoms with van der Waals surface area (Å²) < 4.78 is 60.1. The molecule has 0 aliphatic heterocycles. The zero-order chi connectivity index (χ0) is 28.4. The van der Waals surface area contributed by atoms with Crippen LogP contribution in [0.5, 0.6) is 0 Å². The topological polar surface area (TPSA) is 90.9 Å². The van der Waals surface area contributed by atoms with Crippen LogP contribution in [0.4, 0.5) is 17.6 Å². The van der Waals surface area contributed by atoms with Crippen molar-refractivity contribution in [2.24, 2.45) is 0 Å². The number of carbonyl (C=O) groups excluding carboxylic acids is 2. The summed E-state index contributed by atoms with van der Waals surface area (Å²) in [6.07, 6.45) is -5.62. The van der Waals surface area contributed by atoms with Crippen LogP contribution >= 0.6 is 11.6 Å². The van der Waals surface area contributed by atoms with Crippen LogP contribution < -0.4 is 0 Å². The maximum Gasteiger partial charge on any atom is 0.263 e. The van der Waals surface area contributed by atoms with Gasteiger partial charge in [0.1, 0.15) is 17.0 Å². The third-order valence-corrected chi connectivity index (χ3v) is 6.38. The number of aromatic nitrogens is 4. The zero-order valence-corrected chi connectivity index (χ0v) is 21.0. The van der Waals surface area contributed by atoms with Crippen LogP contribution in [0.2, 0.25) is 5.02 Å². The normalized spacial score (nSPS) is 11.4. The van der Waals surface area contributed by atoms with E-state index in [0.717, 1.165) is 18.2 Å². The highest BCUT2D eigenvalue weighted by Gasteiger charge is 2.31. The first-order valence-electron chi connectivity index (χ1n) is 11.7. The van der Waals surface area contributed by atoms with Gasteiger partial charge in [0.25, 0.3) is 12.9 Å². The Kier molecular flexibility index (Phi) is 7.56. The minimum Gasteiger partial charge on any atom is -0.352 e. The van der Waals surface area contributed by atoms with Crippen LogP contribution in [0.1, 0.15) is 56.1 Å². The second kappa shape index (κ2) is 11.2. The zero-order valence-electron chi connectivity index (χ0n) is 20.3. The molecule has 40 heavy (non-hydrogen) atoms. The highest BCUT2D eigenvalue weighted by atomic mass is 35.5. The summed E-state index contributed by atoms with van der Waals surface area (Å²) in [5.74, 6) is -1.13. The number of hydrogen-bond acceptors (Lipinski definition) is 6. The Labute approximate surface area is 229 Å². The minimum absolute atomic E-state index is 0.0115. The molecule has 0 radical (unpaired) electrons. The van der Waals surface area contributed by atoms with Crippen LogP contribution in [0.15, 0.2) is 77.3 Å². The first kappa shape index (κ1) is 26.9. The molecule has 0 bridgehead atoms. The molecule has 7 nitrogen and oxygen atoms in total. The summed E-state index contributed by atoms with van der Waals surface area (Å²) in [6.45, 7) is -0.258. The third-order valence-electron chi connectivity index (χ3n) is 6.05. The standard InChI is InChI=1S/C28H17ClF4N4O3/c29-20-9-5-4-8-19(20)23-22(21(14-38)40-35-23)26(39)24-25(16-6-2-1-3-7-16)37(36-34-24)13-15-10-17(27(30)31)12-18(11-15)28(32)33/h1-12,14,27-28H,13H2. The van der Waals surface area contributed by atoms with Gasteiger partial charge in [0.05, 0.1) is 11.6 Å². The molecule has 2 heterocycles. The molecular formula is C28H17ClF4N4O3. The molecule has 3 aromatic carbocycles. The van der Waals surface area contributed by atoms with Crippen molar-refractivity contribution in [1.82, 2.24) is 20.2 Å². The van der Waals surface area contributed by atoms with E-state index in [-0.39, 0.29) is 45.5 Å². The van der Waals surface area contributed by atoms with E-state index in [9.17, 15) is 27.2 Å². The lowest BCUT2D eigenvalue weighted by molar-refractivity contribution is 0.101. The van der Waals surface area contributed by atoms with Crippen LogP contribution in [0.3, 0.4) is 0 Å². The van der Waals surface area contributed by atoms with Crippen LogP contribution in [0.25, 0.3) is 22.5 Å². The second-order valence-electron chi connectivity index (χ2n) is 8.62. The molecule has 0 spiro atoms. The lowest BCUT2D eigenvalue weighted by Crippen LogP contribution is -2.10. The fraction of sp³-hybridized carbons (Fsp3) is 0.107. The van der Waals surface area contributed by atoms with Gasteiger partial charge in [-0.05, 0) is 29.8 Å². The molecule has 0 atom stereocenters. The Morgan fingerprint density at radius 2 is 1.60 bits per heavy atom. The number of halogens is 5. The number of hydrogen-bond donors (Lipinski definition) is 0. The van der Waals surface area contributed by atoms with Crippen molar-refractivity contribution in [3.63, 3.8) is 0 Å². The highest BCUT2D eigenvalue weighted by Crippen LogP contribution is 2.34. The predicted molar refractivity (Wildman–Crippen MR) is 137 cm³/mol. The van der Waals surface area contributed by atoms with Gasteiger partial charge >= 0.3 is 0 Å². The van der Waals surface area contributed by atoms with E-state index in [1.165, 1.54) is 4.68 Å². The molecule has 0 unspecified atom stereocenters. The van der Waals surface area contributed by atoms with Crippen LogP contribution in [-0.4, -0.2) is 32.2 Å². The molecule has 202 valence electrons. The fourth-order valence-corrected chi connectivity index (χ4v) is 4.50. The van der Waals surface area contributed by atoms with E-state index in [1.807, 2.05) is 0 Å². The predicted octanol–water partition coefficient (Wildman–Crippen LogP) is 7.22. The van der Waals surface area contributed by atoms with E-state index >= 15 is 0 Å². The number of benzene rings is 3. The van der Waals surface area contributed by atoms with E-state index in [1.54, 1.807) is 54.6 Å². The number of ketones is 1. The van der Waals surface area contributed by atoms with Gasteiger partial charge in [-0.2, -0.15) is 0 Å². The summed E-state index contributed by atoms with van der Waals surface area (Å²) in [5.41, 5.74) is -0.474. The van der Waals surface area contributed by atoms with Crippen LogP contribution in [-0.2, 0) is 6.54 Å². The highest BCUT2D eigenvalue weighted by molar-refractivity contribution is 6.33. The average molecular weight is 569 g/mol. The summed E-state index contributed by atoms with van der Waals surface area (Å²) in [7, 11) is 0. The molecule has 0 N–H and O–H groups in total. The van der Waals surface area contributed by atoms with E-state index in [0.29, 0.717) is 17.4 Å². The Balaban J connectivity index is 1.66. The largest absolute Gasteiger partial charge is 0.352 e. The van der Waals surface area contributed by atoms with E-state index in [4.69, 9.17) is 16.1 Å². The van der Waals surface area contributed by atoms with Crippen molar-refractivity contribution in [1.29, 1.82) is 0 Å². The van der Waals surface area contributed by atoms with Crippen molar-refractivity contribution in [3.05, 3.63) is 112 Å². The molecule has 0 saturated heterocycles. The van der Waals surface area contributed by atoms with Gasteiger partial charge in [-0.15, -0.1) is 5.10 Å². The van der Waals surface area contributed by atoms with Crippen molar-refractivity contribution in [2.75, 3.05) is 0 Å². The van der Waals surface area contributed by atoms with Crippen molar-refractivity contribution in [2.45, 2.75) is 19.4 Å². The SMILES string of the molecule is O=Cc1onc(-c2ccccc2Cl)c1C(=O)c1nnn(Cc2cc(C(F)F)cc(C(F)F)c2)c1-c1ccccc1. The summed E-state index contributed by atoms with van der Waals surface area (Å²) in [6, 6.07) is 17.9. The van der Waals surface area contributed by atoms with E-state index in [2.05, 4.69) is 15.5 Å². The summed E-state index contributed by atoms with van der Waals surface area (Å²) in [4.78, 5) is 25.7. The first-order valence-corrected chi connectivity index (χ1v) is 12.1. The van der Waals surface area contributed by atoms with Gasteiger partial charge in [-0.3, -0.25) is 9.59 Å². The lowest BCUT2D eigenvalue weighted by Gasteiger charge is -2.12. The quantitative estimate of drug-likeness (QED) is 0.106. The van der Waals surface area contributed by atoms with Crippen molar-refractivity contribution in [3.8, 4) is 22.5 Å². The van der Waals surface area contributed by atoms with Crippen LogP contribution in [0, 0.1) is 0 Å². The number of alkyl halides is 4. The molecule has 5 rings (SSSR count). The molecule has 0 saturated carbocycles. The maximum absolute atomic E-state index is 13.9. The van der Waals surface area contributed by atoms with Gasteiger partial charge in [-0.25, -0.2) is 22.2 Å². The minimum atomic E-state index is -2.97. The fourth-order valence-electron chi connectivity index (χ4n) is 4.28. The second-order valence-corrected chi connectivity index (χ2v) is 9.02. The number of aldehydes is 1. The number of rotatable bonds is 9. The molecule has 0 aliphatic rings. The summed E-state index contributed by atoms with van der Waals surface area (Å²) >= 11 is 6.31. The first-order chi connectivity index (χ1) is 19.3. The number of carbonyl (C=O) groups is 2. The average Bonchev–Trinajstić information content (AvgIpc) is 3.57. The van der Waals surface area contributed by atoms with Gasteiger partial charge in [0, 0.05) is 22.3 Å². The van der Waals surface area contributed by atoms with Crippen molar-refractivity contribution < 1.29 is 31.7 Å². The monoisotopic (exact) mass is 568 g/mol. The third kappa shape index (κ3) is 5.15. The molecule has 5 aromatic rings. The van der Waals surface area contributed by atoms with E-state index < -0.39 is 29.8 Å². The maximum atomic E-state index is 13.9. The summed E-state index contributed by atoms with van der Waals surface area (Å²) in [5, 5.41) is 12.2.